The van der Waals surface area contributed by atoms with Crippen molar-refractivity contribution in [1.82, 2.24) is 5.32 Å². The molecule has 1 unspecified atom stereocenters. The van der Waals surface area contributed by atoms with Crippen LogP contribution in [0.1, 0.15) is 46.1 Å². The number of nitrogens with zero attached hydrogens (tertiary/aromatic N) is 1. The van der Waals surface area contributed by atoms with Crippen LogP contribution in [0.15, 0.2) is 59.4 Å². The van der Waals surface area contributed by atoms with Gasteiger partial charge in [0.15, 0.2) is 11.6 Å². The Kier molecular flexibility index (Phi) is 10.4. The van der Waals surface area contributed by atoms with E-state index < -0.39 is 0 Å². The molecule has 0 saturated heterocycles. The topological polar surface area (TPSA) is 53.9 Å². The zero-order chi connectivity index (χ0) is 19.4. The van der Waals surface area contributed by atoms with E-state index in [1.807, 2.05) is 26.0 Å². The molecule has 0 heterocycles. The number of amidine groups is 1. The largest absolute Gasteiger partial charge is 0.490 e. The molecule has 0 amide bonds. The molecule has 1 aromatic carbocycles. The second kappa shape index (κ2) is 12.3. The van der Waals surface area contributed by atoms with E-state index in [1.165, 1.54) is 5.56 Å². The number of hydrogen-bond acceptors (Lipinski definition) is 3. The van der Waals surface area contributed by atoms with E-state index in [4.69, 9.17) is 4.74 Å². The van der Waals surface area contributed by atoms with Gasteiger partial charge in [-0.3, -0.25) is 0 Å². The summed E-state index contributed by atoms with van der Waals surface area (Å²) in [6.07, 6.45) is 4.78. The predicted octanol–water partition coefficient (Wildman–Crippen LogP) is 4.47. The number of aliphatic imine (C=N–C) groups is 1. The highest BCUT2D eigenvalue weighted by atomic mass is 16.5. The second-order valence-corrected chi connectivity index (χ2v) is 6.61. The highest BCUT2D eigenvalue weighted by Gasteiger charge is 2.19. The van der Waals surface area contributed by atoms with Crippen molar-refractivity contribution in [2.45, 2.75) is 53.0 Å². The molecule has 0 aliphatic heterocycles. The molecule has 144 valence electrons. The Labute approximate surface area is 158 Å². The third-order valence-corrected chi connectivity index (χ3v) is 4.36. The lowest BCUT2D eigenvalue weighted by atomic mass is 10.00. The van der Waals surface area contributed by atoms with Crippen LogP contribution >= 0.6 is 0 Å². The molecule has 2 N–H and O–H groups in total. The van der Waals surface area contributed by atoms with E-state index in [1.54, 1.807) is 0 Å². The van der Waals surface area contributed by atoms with Gasteiger partial charge in [-0.05, 0) is 44.2 Å². The van der Waals surface area contributed by atoms with Crippen LogP contribution in [0.5, 0.6) is 0 Å². The molecule has 4 heteroatoms. The van der Waals surface area contributed by atoms with Gasteiger partial charge in [-0.1, -0.05) is 57.2 Å². The number of hydrogen-bond donors (Lipinski definition) is 2. The first-order valence-electron chi connectivity index (χ1n) is 9.46. The fourth-order valence-corrected chi connectivity index (χ4v) is 2.57. The molecule has 0 radical (unpaired) electrons. The first kappa shape index (κ1) is 22.0. The van der Waals surface area contributed by atoms with Crippen molar-refractivity contribution in [3.8, 4) is 0 Å². The van der Waals surface area contributed by atoms with Gasteiger partial charge in [-0.25, -0.2) is 4.99 Å². The number of ether oxygens (including phenoxy) is 1. The highest BCUT2D eigenvalue weighted by molar-refractivity contribution is 5.97. The number of aryl methyl sites for hydroxylation is 1. The summed E-state index contributed by atoms with van der Waals surface area (Å²) in [6.45, 7) is 12.5. The van der Waals surface area contributed by atoms with Gasteiger partial charge >= 0.3 is 0 Å². The Morgan fingerprint density at radius 3 is 2.58 bits per heavy atom. The molecule has 0 saturated carbocycles. The Balaban J connectivity index is 2.69. The van der Waals surface area contributed by atoms with Gasteiger partial charge in [0.2, 0.25) is 0 Å². The molecular weight excluding hydrogens is 324 g/mol. The Morgan fingerprint density at radius 2 is 2.04 bits per heavy atom. The van der Waals surface area contributed by atoms with Crippen LogP contribution in [-0.4, -0.2) is 30.2 Å². The van der Waals surface area contributed by atoms with Gasteiger partial charge in [0, 0.05) is 5.70 Å². The van der Waals surface area contributed by atoms with Crippen LogP contribution < -0.4 is 5.32 Å². The standard InChI is InChI=1S/C22H34N2O2/c1-6-18(5)20(16-25)24-22(23-17(3)4)21(7-2)26-15-11-14-19-12-9-8-10-13-19/h7-10,12-13,18,20,25H,3,6,11,14-16H2,1-2,4-5H3,(H,23,24)/b21-7+/t18-,20?/m1/s1. The fourth-order valence-electron chi connectivity index (χ4n) is 2.57. The first-order chi connectivity index (χ1) is 12.5. The van der Waals surface area contributed by atoms with Crippen molar-refractivity contribution in [3.05, 3.63) is 60.0 Å². The second-order valence-electron chi connectivity index (χ2n) is 6.61. The van der Waals surface area contributed by atoms with Crippen LogP contribution in [0, 0.1) is 5.92 Å². The van der Waals surface area contributed by atoms with Crippen molar-refractivity contribution in [3.63, 3.8) is 0 Å². The highest BCUT2D eigenvalue weighted by Crippen LogP contribution is 2.11. The summed E-state index contributed by atoms with van der Waals surface area (Å²) in [7, 11) is 0. The van der Waals surface area contributed by atoms with Crippen LogP contribution in [0.4, 0.5) is 0 Å². The van der Waals surface area contributed by atoms with Gasteiger partial charge in [-0.15, -0.1) is 0 Å². The molecule has 0 aliphatic rings. The molecule has 0 aromatic heterocycles. The van der Waals surface area contributed by atoms with E-state index in [0.717, 1.165) is 19.3 Å². The maximum Gasteiger partial charge on any atom is 0.168 e. The van der Waals surface area contributed by atoms with E-state index >= 15 is 0 Å². The molecule has 1 aromatic rings. The maximum absolute atomic E-state index is 9.71. The molecule has 1 rings (SSSR count). The lowest BCUT2D eigenvalue weighted by Gasteiger charge is -2.25. The Hall–Kier alpha value is -2.07. The molecular formula is C22H34N2O2. The summed E-state index contributed by atoms with van der Waals surface area (Å²) in [5.74, 6) is 1.66. The number of aliphatic hydroxyl groups excluding tert-OH is 1. The summed E-state index contributed by atoms with van der Waals surface area (Å²) in [5.41, 5.74) is 2.00. The van der Waals surface area contributed by atoms with Crippen LogP contribution in [0.2, 0.25) is 0 Å². The summed E-state index contributed by atoms with van der Waals surface area (Å²) < 4.78 is 5.98. The molecule has 26 heavy (non-hydrogen) atoms. The van der Waals surface area contributed by atoms with Gasteiger partial charge in [0.05, 0.1) is 19.3 Å². The van der Waals surface area contributed by atoms with Gasteiger partial charge in [0.1, 0.15) is 0 Å². The van der Waals surface area contributed by atoms with Gasteiger partial charge in [0.25, 0.3) is 0 Å². The van der Waals surface area contributed by atoms with Crippen LogP contribution in [0.3, 0.4) is 0 Å². The number of benzene rings is 1. The third kappa shape index (κ3) is 7.87. The smallest absolute Gasteiger partial charge is 0.168 e. The molecule has 0 bridgehead atoms. The third-order valence-electron chi connectivity index (χ3n) is 4.36. The number of nitrogens with one attached hydrogen (secondary N) is 1. The number of allylic oxidation sites excluding steroid dienone is 2. The van der Waals surface area contributed by atoms with Gasteiger partial charge in [-0.2, -0.15) is 0 Å². The van der Waals surface area contributed by atoms with E-state index in [0.29, 0.717) is 29.8 Å². The van der Waals surface area contributed by atoms with E-state index in [2.05, 4.69) is 55.0 Å². The maximum atomic E-state index is 9.71. The first-order valence-corrected chi connectivity index (χ1v) is 9.46. The Bertz CT molecular complexity index is 593. The summed E-state index contributed by atoms with van der Waals surface area (Å²) in [4.78, 5) is 4.50. The molecule has 0 spiro atoms. The number of aliphatic hydroxyl groups is 1. The lowest BCUT2D eigenvalue weighted by molar-refractivity contribution is 0.207. The summed E-state index contributed by atoms with van der Waals surface area (Å²) >= 11 is 0. The SMILES string of the molecule is C=C(C)/N=C(NC(CO)[C@H](C)CC)\C(=C/C)OCCCc1ccccc1. The minimum Gasteiger partial charge on any atom is -0.490 e. The molecule has 0 aliphatic carbocycles. The minimum absolute atomic E-state index is 0.0508. The summed E-state index contributed by atoms with van der Waals surface area (Å²) in [5, 5.41) is 13.0. The normalized spacial score (nSPS) is 14.7. The van der Waals surface area contributed by atoms with Crippen LogP contribution in [-0.2, 0) is 11.2 Å². The van der Waals surface area contributed by atoms with Crippen molar-refractivity contribution in [2.75, 3.05) is 13.2 Å². The Morgan fingerprint density at radius 1 is 1.35 bits per heavy atom. The predicted molar refractivity (Wildman–Crippen MR) is 110 cm³/mol. The zero-order valence-electron chi connectivity index (χ0n) is 16.7. The lowest BCUT2D eigenvalue weighted by Crippen LogP contribution is -2.43. The van der Waals surface area contributed by atoms with E-state index in [-0.39, 0.29) is 12.6 Å². The van der Waals surface area contributed by atoms with Crippen molar-refractivity contribution >= 4 is 5.84 Å². The average molecular weight is 359 g/mol. The monoisotopic (exact) mass is 358 g/mol. The minimum atomic E-state index is -0.0685. The molecule has 2 atom stereocenters. The molecule has 4 nitrogen and oxygen atoms in total. The average Bonchev–Trinajstić information content (AvgIpc) is 2.65. The summed E-state index contributed by atoms with van der Waals surface area (Å²) in [6, 6.07) is 10.3. The van der Waals surface area contributed by atoms with Crippen molar-refractivity contribution in [1.29, 1.82) is 0 Å². The van der Waals surface area contributed by atoms with Gasteiger partial charge < -0.3 is 15.2 Å². The quantitative estimate of drug-likeness (QED) is 0.266. The van der Waals surface area contributed by atoms with Crippen LogP contribution in [0.25, 0.3) is 0 Å². The fraction of sp³-hybridized carbons (Fsp3) is 0.500. The van der Waals surface area contributed by atoms with E-state index in [9.17, 15) is 5.11 Å². The number of rotatable bonds is 11. The van der Waals surface area contributed by atoms with Crippen molar-refractivity contribution in [2.24, 2.45) is 10.9 Å². The van der Waals surface area contributed by atoms with Crippen molar-refractivity contribution < 1.29 is 9.84 Å². The zero-order valence-corrected chi connectivity index (χ0v) is 16.7. The molecule has 0 fully saturated rings.